The van der Waals surface area contributed by atoms with E-state index in [2.05, 4.69) is 9.97 Å². The zero-order valence-corrected chi connectivity index (χ0v) is 17.1. The number of nitrogens with two attached hydrogens (primary N) is 1. The molecular weight excluding hydrogens is 418 g/mol. The first-order valence-corrected chi connectivity index (χ1v) is 10.3. The first kappa shape index (κ1) is 18.5. The smallest absolute Gasteiger partial charge is 0.267 e. The third-order valence-electron chi connectivity index (χ3n) is 4.63. The van der Waals surface area contributed by atoms with Crippen molar-refractivity contribution < 1.29 is 0 Å². The van der Waals surface area contributed by atoms with Gasteiger partial charge >= 0.3 is 0 Å². The number of nitrogen functional groups attached to an aromatic ring is 1. The van der Waals surface area contributed by atoms with E-state index in [1.807, 2.05) is 42.5 Å². The summed E-state index contributed by atoms with van der Waals surface area (Å²) in [5.41, 5.74) is 7.95. The summed E-state index contributed by atoms with van der Waals surface area (Å²) >= 11 is 7.41. The minimum Gasteiger partial charge on any atom is -0.389 e. The number of fused-ring (bicyclic) bond motifs is 1. The van der Waals surface area contributed by atoms with Crippen LogP contribution in [0.4, 0.5) is 5.00 Å². The highest BCUT2D eigenvalue weighted by Crippen LogP contribution is 2.29. The molecule has 0 aliphatic carbocycles. The van der Waals surface area contributed by atoms with Crippen LogP contribution in [0.2, 0.25) is 5.02 Å². The molecule has 8 heteroatoms. The van der Waals surface area contributed by atoms with E-state index in [0.717, 1.165) is 16.1 Å². The van der Waals surface area contributed by atoms with Crippen molar-refractivity contribution in [2.24, 2.45) is 0 Å². The van der Waals surface area contributed by atoms with Crippen LogP contribution in [0.1, 0.15) is 0 Å². The van der Waals surface area contributed by atoms with E-state index in [1.165, 1.54) is 22.1 Å². The minimum atomic E-state index is -0.192. The Labute approximate surface area is 180 Å². The lowest BCUT2D eigenvalue weighted by Gasteiger charge is -2.13. The number of aromatic nitrogens is 4. The van der Waals surface area contributed by atoms with Gasteiger partial charge < -0.3 is 5.73 Å². The van der Waals surface area contributed by atoms with Gasteiger partial charge in [-0.25, -0.2) is 19.5 Å². The van der Waals surface area contributed by atoms with Gasteiger partial charge in [0.2, 0.25) is 0 Å². The quantitative estimate of drug-likeness (QED) is 0.443. The lowest BCUT2D eigenvalue weighted by Crippen LogP contribution is -2.22. The number of thiazole rings is 1. The molecule has 0 aliphatic heterocycles. The fourth-order valence-electron chi connectivity index (χ4n) is 3.22. The Morgan fingerprint density at radius 2 is 1.67 bits per heavy atom. The van der Waals surface area contributed by atoms with Crippen molar-refractivity contribution in [2.45, 2.75) is 0 Å². The standard InChI is InChI=1S/C22H14ClN5OS/c23-15-9-10-19(25-11-15)28-20(27-17-4-2-1-3-16(17)22(28)29)13-5-7-14(8-6-13)21-26-12-18(24)30-21/h1-12H,24H2. The van der Waals surface area contributed by atoms with Gasteiger partial charge in [0, 0.05) is 17.3 Å². The normalized spacial score (nSPS) is 11.1. The summed E-state index contributed by atoms with van der Waals surface area (Å²) in [5, 5.41) is 2.51. The van der Waals surface area contributed by atoms with Crippen LogP contribution in [-0.2, 0) is 0 Å². The molecule has 0 fully saturated rings. The van der Waals surface area contributed by atoms with Crippen molar-refractivity contribution in [3.63, 3.8) is 0 Å². The molecule has 2 N–H and O–H groups in total. The molecule has 0 bridgehead atoms. The number of hydrogen-bond acceptors (Lipinski definition) is 6. The highest BCUT2D eigenvalue weighted by molar-refractivity contribution is 7.18. The lowest BCUT2D eigenvalue weighted by atomic mass is 10.1. The molecule has 0 unspecified atom stereocenters. The lowest BCUT2D eigenvalue weighted by molar-refractivity contribution is 0.932. The zero-order chi connectivity index (χ0) is 20.7. The fourth-order valence-corrected chi connectivity index (χ4v) is 4.02. The molecule has 0 radical (unpaired) electrons. The van der Waals surface area contributed by atoms with Crippen molar-refractivity contribution in [1.29, 1.82) is 0 Å². The van der Waals surface area contributed by atoms with Gasteiger partial charge in [-0.3, -0.25) is 4.79 Å². The molecule has 146 valence electrons. The fraction of sp³-hybridized carbons (Fsp3) is 0. The maximum atomic E-state index is 13.3. The summed E-state index contributed by atoms with van der Waals surface area (Å²) in [7, 11) is 0. The number of para-hydroxylation sites is 1. The Morgan fingerprint density at radius 3 is 2.37 bits per heavy atom. The zero-order valence-electron chi connectivity index (χ0n) is 15.5. The first-order valence-electron chi connectivity index (χ1n) is 9.06. The van der Waals surface area contributed by atoms with E-state index in [1.54, 1.807) is 24.4 Å². The van der Waals surface area contributed by atoms with Crippen LogP contribution in [-0.4, -0.2) is 19.5 Å². The van der Waals surface area contributed by atoms with E-state index in [9.17, 15) is 4.79 Å². The summed E-state index contributed by atoms with van der Waals surface area (Å²) < 4.78 is 1.51. The van der Waals surface area contributed by atoms with Crippen LogP contribution >= 0.6 is 22.9 Å². The van der Waals surface area contributed by atoms with Gasteiger partial charge in [-0.15, -0.1) is 0 Å². The van der Waals surface area contributed by atoms with Crippen molar-refractivity contribution in [3.05, 3.63) is 88.4 Å². The van der Waals surface area contributed by atoms with Gasteiger partial charge in [-0.2, -0.15) is 0 Å². The number of nitrogens with zero attached hydrogens (tertiary/aromatic N) is 4. The molecular formula is C22H14ClN5OS. The van der Waals surface area contributed by atoms with Gasteiger partial charge in [0.15, 0.2) is 0 Å². The van der Waals surface area contributed by atoms with Gasteiger partial charge in [-0.1, -0.05) is 59.3 Å². The number of halogens is 1. The highest BCUT2D eigenvalue weighted by Gasteiger charge is 2.15. The number of hydrogen-bond donors (Lipinski definition) is 1. The molecule has 3 heterocycles. The van der Waals surface area contributed by atoms with E-state index in [4.69, 9.17) is 22.3 Å². The molecule has 0 saturated carbocycles. The van der Waals surface area contributed by atoms with Gasteiger partial charge in [0.25, 0.3) is 5.56 Å². The van der Waals surface area contributed by atoms with Crippen LogP contribution in [0, 0.1) is 0 Å². The Hall–Kier alpha value is -3.55. The third-order valence-corrected chi connectivity index (χ3v) is 5.73. The van der Waals surface area contributed by atoms with E-state index in [0.29, 0.717) is 32.6 Å². The summed E-state index contributed by atoms with van der Waals surface area (Å²) in [5.74, 6) is 0.952. The topological polar surface area (TPSA) is 86.7 Å². The van der Waals surface area contributed by atoms with Crippen molar-refractivity contribution in [3.8, 4) is 27.8 Å². The molecule has 0 saturated heterocycles. The summed E-state index contributed by atoms with van der Waals surface area (Å²) in [6.07, 6.45) is 3.15. The maximum absolute atomic E-state index is 13.3. The molecule has 5 aromatic rings. The van der Waals surface area contributed by atoms with Crippen molar-refractivity contribution in [1.82, 2.24) is 19.5 Å². The Bertz CT molecular complexity index is 1430. The van der Waals surface area contributed by atoms with E-state index in [-0.39, 0.29) is 5.56 Å². The summed E-state index contributed by atoms with van der Waals surface area (Å²) in [6, 6.07) is 18.4. The van der Waals surface area contributed by atoms with Crippen LogP contribution in [0.15, 0.2) is 77.9 Å². The Balaban J connectivity index is 1.72. The van der Waals surface area contributed by atoms with Crippen LogP contribution in [0.3, 0.4) is 0 Å². The molecule has 0 aliphatic rings. The van der Waals surface area contributed by atoms with Crippen molar-refractivity contribution in [2.75, 3.05) is 5.73 Å². The van der Waals surface area contributed by atoms with E-state index < -0.39 is 0 Å². The number of rotatable bonds is 3. The molecule has 3 aromatic heterocycles. The second kappa shape index (κ2) is 7.37. The van der Waals surface area contributed by atoms with Gasteiger partial charge in [0.1, 0.15) is 21.7 Å². The monoisotopic (exact) mass is 431 g/mol. The maximum Gasteiger partial charge on any atom is 0.267 e. The average Bonchev–Trinajstić information content (AvgIpc) is 3.21. The third kappa shape index (κ3) is 3.24. The Kier molecular flexibility index (Phi) is 4.54. The van der Waals surface area contributed by atoms with Crippen molar-refractivity contribution >= 4 is 38.8 Å². The summed E-state index contributed by atoms with van der Waals surface area (Å²) in [4.78, 5) is 26.8. The van der Waals surface area contributed by atoms with Gasteiger partial charge in [0.05, 0.1) is 22.1 Å². The molecule has 6 nitrogen and oxygen atoms in total. The molecule has 2 aromatic carbocycles. The largest absolute Gasteiger partial charge is 0.389 e. The molecule has 0 spiro atoms. The molecule has 0 amide bonds. The minimum absolute atomic E-state index is 0.192. The predicted molar refractivity (Wildman–Crippen MR) is 121 cm³/mol. The van der Waals surface area contributed by atoms with Crippen LogP contribution < -0.4 is 11.3 Å². The SMILES string of the molecule is Nc1cnc(-c2ccc(-c3nc4ccccc4c(=O)n3-c3ccc(Cl)cn3)cc2)s1. The number of pyridine rings is 1. The highest BCUT2D eigenvalue weighted by atomic mass is 35.5. The van der Waals surface area contributed by atoms with Crippen LogP contribution in [0.5, 0.6) is 0 Å². The number of anilines is 1. The predicted octanol–water partition coefficient (Wildman–Crippen LogP) is 4.81. The summed E-state index contributed by atoms with van der Waals surface area (Å²) in [6.45, 7) is 0. The average molecular weight is 432 g/mol. The Morgan fingerprint density at radius 1 is 0.900 bits per heavy atom. The second-order valence-electron chi connectivity index (χ2n) is 6.57. The van der Waals surface area contributed by atoms with E-state index >= 15 is 0 Å². The molecule has 5 rings (SSSR count). The first-order chi connectivity index (χ1) is 14.6. The second-order valence-corrected chi connectivity index (χ2v) is 8.07. The molecule has 30 heavy (non-hydrogen) atoms. The number of benzene rings is 2. The van der Waals surface area contributed by atoms with Crippen LogP contribution in [0.25, 0.3) is 38.7 Å². The molecule has 0 atom stereocenters. The van der Waals surface area contributed by atoms with Gasteiger partial charge in [-0.05, 0) is 24.3 Å².